The number of ether oxygens (including phenoxy) is 1. The number of nitrogens with zero attached hydrogens (tertiary/aromatic N) is 3. The van der Waals surface area contributed by atoms with E-state index in [9.17, 15) is 10.1 Å². The lowest BCUT2D eigenvalue weighted by Crippen LogP contribution is -2.46. The Morgan fingerprint density at radius 1 is 1.16 bits per heavy atom. The highest BCUT2D eigenvalue weighted by atomic mass is 16.5. The average molecular weight is 412 g/mol. The third-order valence-electron chi connectivity index (χ3n) is 6.40. The molecule has 2 aliphatic rings. The number of aromatic nitrogens is 1. The third kappa shape index (κ3) is 3.41. The maximum atomic E-state index is 13.4. The minimum atomic E-state index is -0.328. The van der Waals surface area contributed by atoms with E-state index >= 15 is 0 Å². The first kappa shape index (κ1) is 19.5. The van der Waals surface area contributed by atoms with E-state index in [1.807, 2.05) is 47.4 Å². The Morgan fingerprint density at radius 2 is 1.90 bits per heavy atom. The van der Waals surface area contributed by atoms with Crippen LogP contribution in [0.5, 0.6) is 5.75 Å². The molecule has 31 heavy (non-hydrogen) atoms. The summed E-state index contributed by atoms with van der Waals surface area (Å²) in [7, 11) is 1.63. The van der Waals surface area contributed by atoms with Crippen LogP contribution in [0.4, 0.5) is 0 Å². The van der Waals surface area contributed by atoms with Crippen LogP contribution in [0.25, 0.3) is 22.0 Å². The lowest BCUT2D eigenvalue weighted by Gasteiger charge is -2.28. The van der Waals surface area contributed by atoms with Crippen molar-refractivity contribution in [3.63, 3.8) is 0 Å². The average Bonchev–Trinajstić information content (AvgIpc) is 3.64. The summed E-state index contributed by atoms with van der Waals surface area (Å²) >= 11 is 0. The Bertz CT molecular complexity index is 1190. The predicted octanol–water partition coefficient (Wildman–Crippen LogP) is 3.51. The van der Waals surface area contributed by atoms with Gasteiger partial charge in [-0.15, -0.1) is 0 Å². The van der Waals surface area contributed by atoms with Crippen molar-refractivity contribution in [2.24, 2.45) is 0 Å². The van der Waals surface area contributed by atoms with Crippen molar-refractivity contribution in [3.8, 4) is 22.9 Å². The van der Waals surface area contributed by atoms with Gasteiger partial charge in [-0.1, -0.05) is 24.3 Å². The van der Waals surface area contributed by atoms with Crippen LogP contribution in [0.2, 0.25) is 0 Å². The number of piperazine rings is 1. The van der Waals surface area contributed by atoms with Gasteiger partial charge in [0.05, 0.1) is 29.7 Å². The van der Waals surface area contributed by atoms with Crippen molar-refractivity contribution >= 4 is 16.8 Å². The number of hydrogen-bond acceptors (Lipinski definition) is 5. The fraction of sp³-hybridized carbons (Fsp3) is 0.320. The zero-order valence-electron chi connectivity index (χ0n) is 17.5. The highest BCUT2D eigenvalue weighted by Gasteiger charge is 2.44. The number of rotatable bonds is 4. The molecule has 0 atom stereocenters. The maximum Gasteiger partial charge on any atom is 0.256 e. The van der Waals surface area contributed by atoms with Gasteiger partial charge in [0.2, 0.25) is 0 Å². The van der Waals surface area contributed by atoms with Crippen molar-refractivity contribution in [2.75, 3.05) is 33.3 Å². The van der Waals surface area contributed by atoms with E-state index in [2.05, 4.69) is 16.4 Å². The molecule has 1 saturated heterocycles. The summed E-state index contributed by atoms with van der Waals surface area (Å²) < 4.78 is 5.36. The van der Waals surface area contributed by atoms with Crippen LogP contribution < -0.4 is 10.1 Å². The number of benzene rings is 2. The maximum absolute atomic E-state index is 13.4. The Balaban J connectivity index is 1.64. The Morgan fingerprint density at radius 3 is 2.55 bits per heavy atom. The molecule has 1 aliphatic heterocycles. The summed E-state index contributed by atoms with van der Waals surface area (Å²) in [6, 6.07) is 16.3. The molecular formula is C25H24N4O2. The Labute approximate surface area is 181 Å². The first-order chi connectivity index (χ1) is 15.1. The molecule has 0 unspecified atom stereocenters. The molecule has 2 aromatic carbocycles. The molecule has 0 bridgehead atoms. The SMILES string of the molecule is COc1ccc2c(-c3ccc(C4(C#N)CC4)cc3)c(C(=O)N3CCNCC3)cnc2c1. The highest BCUT2D eigenvalue weighted by molar-refractivity contribution is 6.08. The molecule has 0 spiro atoms. The molecule has 3 aromatic rings. The van der Waals surface area contributed by atoms with Gasteiger partial charge >= 0.3 is 0 Å². The fourth-order valence-corrected chi connectivity index (χ4v) is 4.36. The topological polar surface area (TPSA) is 78.2 Å². The summed E-state index contributed by atoms with van der Waals surface area (Å²) in [6.07, 6.45) is 3.51. The van der Waals surface area contributed by atoms with Crippen molar-refractivity contribution in [1.82, 2.24) is 15.2 Å². The van der Waals surface area contributed by atoms with Crippen molar-refractivity contribution in [3.05, 3.63) is 59.8 Å². The summed E-state index contributed by atoms with van der Waals surface area (Å²) in [5.74, 6) is 0.730. The first-order valence-electron chi connectivity index (χ1n) is 10.6. The molecule has 1 aliphatic carbocycles. The number of nitriles is 1. The van der Waals surface area contributed by atoms with Gasteiger partial charge in [-0.2, -0.15) is 5.26 Å². The molecular weight excluding hydrogens is 388 g/mol. The van der Waals surface area contributed by atoms with Crippen LogP contribution in [0.15, 0.2) is 48.7 Å². The van der Waals surface area contributed by atoms with Crippen LogP contribution in [0, 0.1) is 11.3 Å². The molecule has 0 radical (unpaired) electrons. The first-order valence-corrected chi connectivity index (χ1v) is 10.6. The molecule has 1 amide bonds. The van der Waals surface area contributed by atoms with Crippen LogP contribution in [-0.2, 0) is 5.41 Å². The molecule has 1 saturated carbocycles. The van der Waals surface area contributed by atoms with E-state index in [1.54, 1.807) is 13.3 Å². The van der Waals surface area contributed by atoms with E-state index in [0.717, 1.165) is 59.3 Å². The summed E-state index contributed by atoms with van der Waals surface area (Å²) in [4.78, 5) is 19.9. The van der Waals surface area contributed by atoms with E-state index in [4.69, 9.17) is 4.74 Å². The van der Waals surface area contributed by atoms with Gasteiger partial charge in [-0.25, -0.2) is 0 Å². The number of carbonyl (C=O) groups is 1. The van der Waals surface area contributed by atoms with Gasteiger partial charge in [0, 0.05) is 49.4 Å². The van der Waals surface area contributed by atoms with Crippen LogP contribution in [0.3, 0.4) is 0 Å². The van der Waals surface area contributed by atoms with Crippen LogP contribution in [-0.4, -0.2) is 49.1 Å². The Hall–Kier alpha value is -3.43. The van der Waals surface area contributed by atoms with Gasteiger partial charge in [0.25, 0.3) is 5.91 Å². The van der Waals surface area contributed by atoms with E-state index in [-0.39, 0.29) is 11.3 Å². The van der Waals surface area contributed by atoms with Crippen molar-refractivity contribution in [2.45, 2.75) is 18.3 Å². The molecule has 2 heterocycles. The molecule has 6 heteroatoms. The van der Waals surface area contributed by atoms with Crippen LogP contribution >= 0.6 is 0 Å². The molecule has 1 aromatic heterocycles. The highest BCUT2D eigenvalue weighted by Crippen LogP contribution is 2.48. The van der Waals surface area contributed by atoms with Gasteiger partial charge in [-0.3, -0.25) is 9.78 Å². The number of nitrogens with one attached hydrogen (secondary N) is 1. The van der Waals surface area contributed by atoms with Crippen LogP contribution in [0.1, 0.15) is 28.8 Å². The van der Waals surface area contributed by atoms with E-state index < -0.39 is 0 Å². The monoisotopic (exact) mass is 412 g/mol. The van der Waals surface area contributed by atoms with Crippen molar-refractivity contribution < 1.29 is 9.53 Å². The number of hydrogen-bond donors (Lipinski definition) is 1. The van der Waals surface area contributed by atoms with Gasteiger partial charge < -0.3 is 15.0 Å². The lowest BCUT2D eigenvalue weighted by atomic mass is 9.91. The molecule has 6 nitrogen and oxygen atoms in total. The molecule has 1 N–H and O–H groups in total. The number of amides is 1. The number of carbonyl (C=O) groups excluding carboxylic acids is 1. The smallest absolute Gasteiger partial charge is 0.256 e. The molecule has 5 rings (SSSR count). The third-order valence-corrected chi connectivity index (χ3v) is 6.40. The van der Waals surface area contributed by atoms with E-state index in [0.29, 0.717) is 18.7 Å². The standard InChI is InChI=1S/C25H24N4O2/c1-31-19-6-7-20-22(14-19)28-15-21(24(30)29-12-10-27-11-13-29)23(20)17-2-4-18(5-3-17)25(16-26)8-9-25/h2-7,14-15,27H,8-13H2,1H3. The zero-order valence-corrected chi connectivity index (χ0v) is 17.5. The van der Waals surface area contributed by atoms with Gasteiger partial charge in [-0.05, 0) is 36.1 Å². The second-order valence-electron chi connectivity index (χ2n) is 8.24. The molecule has 2 fully saturated rings. The zero-order chi connectivity index (χ0) is 21.4. The molecule has 156 valence electrons. The minimum absolute atomic E-state index is 0.00137. The van der Waals surface area contributed by atoms with E-state index in [1.165, 1.54) is 0 Å². The summed E-state index contributed by atoms with van der Waals surface area (Å²) in [5, 5.41) is 13.7. The van der Waals surface area contributed by atoms with Crippen molar-refractivity contribution in [1.29, 1.82) is 5.26 Å². The second kappa shape index (κ2) is 7.68. The lowest BCUT2D eigenvalue weighted by molar-refractivity contribution is 0.0736. The largest absolute Gasteiger partial charge is 0.497 e. The number of methoxy groups -OCH3 is 1. The number of pyridine rings is 1. The Kier molecular flexibility index (Phi) is 4.84. The normalized spacial score (nSPS) is 17.2. The minimum Gasteiger partial charge on any atom is -0.497 e. The van der Waals surface area contributed by atoms with Gasteiger partial charge in [0.1, 0.15) is 5.75 Å². The summed E-state index contributed by atoms with van der Waals surface area (Å²) in [5.41, 5.74) is 3.94. The number of fused-ring (bicyclic) bond motifs is 1. The second-order valence-corrected chi connectivity index (χ2v) is 8.24. The van der Waals surface area contributed by atoms with Gasteiger partial charge in [0.15, 0.2) is 0 Å². The summed E-state index contributed by atoms with van der Waals surface area (Å²) in [6.45, 7) is 2.96. The predicted molar refractivity (Wildman–Crippen MR) is 119 cm³/mol. The quantitative estimate of drug-likeness (QED) is 0.710. The fourth-order valence-electron chi connectivity index (χ4n) is 4.36.